The van der Waals surface area contributed by atoms with Gasteiger partial charge in [0.25, 0.3) is 10.0 Å². The predicted octanol–water partition coefficient (Wildman–Crippen LogP) is 3.52. The molecule has 0 atom stereocenters. The molecule has 0 aliphatic rings. The molecule has 0 fully saturated rings. The molecule has 6 nitrogen and oxygen atoms in total. The van der Waals surface area contributed by atoms with Crippen molar-refractivity contribution < 1.29 is 22.7 Å². The number of sulfonamides is 1. The summed E-state index contributed by atoms with van der Waals surface area (Å²) >= 11 is 6.06. The van der Waals surface area contributed by atoms with E-state index in [9.17, 15) is 13.2 Å². The van der Waals surface area contributed by atoms with Crippen molar-refractivity contribution in [2.24, 2.45) is 0 Å². The summed E-state index contributed by atoms with van der Waals surface area (Å²) in [7, 11) is -1.17. The minimum absolute atomic E-state index is 0.0159. The van der Waals surface area contributed by atoms with Crippen LogP contribution in [-0.2, 0) is 14.8 Å². The molecule has 26 heavy (non-hydrogen) atoms. The number of methoxy groups -OCH3 is 2. The topological polar surface area (TPSA) is 72.9 Å². The van der Waals surface area contributed by atoms with E-state index in [1.165, 1.54) is 67.1 Å². The highest BCUT2D eigenvalue weighted by atomic mass is 35.5. The molecule has 0 heterocycles. The Hall–Kier alpha value is -2.51. The van der Waals surface area contributed by atoms with Gasteiger partial charge in [0.2, 0.25) is 0 Å². The minimum Gasteiger partial charge on any atom is -0.495 e. The van der Waals surface area contributed by atoms with E-state index in [4.69, 9.17) is 16.3 Å². The molecular formula is C18H18ClNO5S. The van der Waals surface area contributed by atoms with E-state index in [1.54, 1.807) is 0 Å². The molecule has 0 saturated carbocycles. The third-order valence-electron chi connectivity index (χ3n) is 3.58. The van der Waals surface area contributed by atoms with E-state index in [-0.39, 0.29) is 16.5 Å². The number of ether oxygens (including phenoxy) is 2. The van der Waals surface area contributed by atoms with E-state index in [1.807, 2.05) is 0 Å². The number of halogens is 1. The van der Waals surface area contributed by atoms with Crippen LogP contribution in [0.4, 0.5) is 5.69 Å². The van der Waals surface area contributed by atoms with E-state index in [2.05, 4.69) is 11.3 Å². The van der Waals surface area contributed by atoms with Crippen LogP contribution in [0.25, 0.3) is 0 Å². The Balaban J connectivity index is 2.46. The number of carbonyl (C=O) groups excluding carboxylic acids is 1. The van der Waals surface area contributed by atoms with Gasteiger partial charge in [0.15, 0.2) is 0 Å². The first-order valence-corrected chi connectivity index (χ1v) is 9.32. The standard InChI is InChI=1S/C18H18ClNO5S/c1-4-11-20(14-7-5-13(6-8-14)18(21)25-3)26(22,23)15-9-10-17(24-2)16(19)12-15/h4-10,12H,1,11H2,2-3H3. The molecule has 0 amide bonds. The lowest BCUT2D eigenvalue weighted by atomic mass is 10.2. The van der Waals surface area contributed by atoms with Crippen molar-refractivity contribution in [3.63, 3.8) is 0 Å². The van der Waals surface area contributed by atoms with Crippen molar-refractivity contribution in [2.75, 3.05) is 25.1 Å². The molecule has 2 aromatic carbocycles. The molecule has 0 bridgehead atoms. The molecule has 0 saturated heterocycles. The van der Waals surface area contributed by atoms with Crippen molar-refractivity contribution in [1.29, 1.82) is 0 Å². The van der Waals surface area contributed by atoms with Crippen molar-refractivity contribution in [3.8, 4) is 5.75 Å². The van der Waals surface area contributed by atoms with Crippen LogP contribution in [0.5, 0.6) is 5.75 Å². The maximum absolute atomic E-state index is 13.0. The average molecular weight is 396 g/mol. The van der Waals surface area contributed by atoms with Gasteiger partial charge >= 0.3 is 5.97 Å². The second-order valence-corrected chi connectivity index (χ2v) is 7.43. The summed E-state index contributed by atoms with van der Waals surface area (Å²) in [5.74, 6) is -0.125. The van der Waals surface area contributed by atoms with Gasteiger partial charge in [0.05, 0.1) is 41.9 Å². The van der Waals surface area contributed by atoms with E-state index < -0.39 is 16.0 Å². The fourth-order valence-electron chi connectivity index (χ4n) is 2.28. The lowest BCUT2D eigenvalue weighted by molar-refractivity contribution is 0.0600. The zero-order chi connectivity index (χ0) is 19.3. The molecule has 138 valence electrons. The lowest BCUT2D eigenvalue weighted by Crippen LogP contribution is -2.31. The second kappa shape index (κ2) is 8.25. The highest BCUT2D eigenvalue weighted by molar-refractivity contribution is 7.92. The Morgan fingerprint density at radius 3 is 2.35 bits per heavy atom. The van der Waals surface area contributed by atoms with E-state index in [0.29, 0.717) is 17.0 Å². The van der Waals surface area contributed by atoms with Crippen LogP contribution >= 0.6 is 11.6 Å². The maximum Gasteiger partial charge on any atom is 0.337 e. The number of esters is 1. The highest BCUT2D eigenvalue weighted by Gasteiger charge is 2.25. The fourth-order valence-corrected chi connectivity index (χ4v) is 4.06. The predicted molar refractivity (Wildman–Crippen MR) is 101 cm³/mol. The third-order valence-corrected chi connectivity index (χ3v) is 5.67. The normalized spacial score (nSPS) is 10.9. The van der Waals surface area contributed by atoms with Gasteiger partial charge in [-0.15, -0.1) is 6.58 Å². The molecule has 0 aliphatic carbocycles. The van der Waals surface area contributed by atoms with Crippen LogP contribution in [0.3, 0.4) is 0 Å². The first-order valence-electron chi connectivity index (χ1n) is 7.50. The highest BCUT2D eigenvalue weighted by Crippen LogP contribution is 2.30. The molecule has 2 rings (SSSR count). The van der Waals surface area contributed by atoms with Crippen molar-refractivity contribution in [2.45, 2.75) is 4.90 Å². The largest absolute Gasteiger partial charge is 0.495 e. The molecule has 0 N–H and O–H groups in total. The molecule has 0 radical (unpaired) electrons. The molecule has 0 aliphatic heterocycles. The number of nitrogens with zero attached hydrogens (tertiary/aromatic N) is 1. The van der Waals surface area contributed by atoms with Crippen molar-refractivity contribution in [1.82, 2.24) is 0 Å². The molecule has 0 unspecified atom stereocenters. The van der Waals surface area contributed by atoms with E-state index >= 15 is 0 Å². The Bertz CT molecular complexity index is 910. The molecule has 0 aromatic heterocycles. The molecule has 0 spiro atoms. The SMILES string of the molecule is C=CCN(c1ccc(C(=O)OC)cc1)S(=O)(=O)c1ccc(OC)c(Cl)c1. The summed E-state index contributed by atoms with van der Waals surface area (Å²) in [4.78, 5) is 11.6. The van der Waals surface area contributed by atoms with Gasteiger partial charge in [-0.1, -0.05) is 17.7 Å². The number of hydrogen-bond acceptors (Lipinski definition) is 5. The maximum atomic E-state index is 13.0. The Morgan fingerprint density at radius 2 is 1.85 bits per heavy atom. The van der Waals surface area contributed by atoms with Gasteiger partial charge < -0.3 is 9.47 Å². The number of rotatable bonds is 7. The van der Waals surface area contributed by atoms with Gasteiger partial charge in [0, 0.05) is 0 Å². The fraction of sp³-hybridized carbons (Fsp3) is 0.167. The average Bonchev–Trinajstić information content (AvgIpc) is 2.65. The van der Waals surface area contributed by atoms with Gasteiger partial charge in [-0.2, -0.15) is 0 Å². The smallest absolute Gasteiger partial charge is 0.337 e. The first kappa shape index (κ1) is 19.8. The third kappa shape index (κ3) is 4.00. The summed E-state index contributed by atoms with van der Waals surface area (Å²) < 4.78 is 36.9. The summed E-state index contributed by atoms with van der Waals surface area (Å²) in [6, 6.07) is 10.3. The van der Waals surface area contributed by atoms with Crippen LogP contribution in [0.2, 0.25) is 5.02 Å². The number of benzene rings is 2. The Morgan fingerprint density at radius 1 is 1.19 bits per heavy atom. The van der Waals surface area contributed by atoms with Crippen molar-refractivity contribution in [3.05, 3.63) is 65.7 Å². The van der Waals surface area contributed by atoms with Crippen LogP contribution < -0.4 is 9.04 Å². The minimum atomic E-state index is -3.90. The quantitative estimate of drug-likeness (QED) is 0.529. The molecular weight excluding hydrogens is 378 g/mol. The number of carbonyl (C=O) groups is 1. The monoisotopic (exact) mass is 395 g/mol. The summed E-state index contributed by atoms with van der Waals surface area (Å²) in [6.07, 6.45) is 1.47. The van der Waals surface area contributed by atoms with Crippen LogP contribution in [0.15, 0.2) is 60.0 Å². The van der Waals surface area contributed by atoms with Gasteiger partial charge in [-0.05, 0) is 42.5 Å². The second-order valence-electron chi connectivity index (χ2n) is 5.16. The summed E-state index contributed by atoms with van der Waals surface area (Å²) in [6.45, 7) is 3.66. The number of hydrogen-bond donors (Lipinski definition) is 0. The molecule has 2 aromatic rings. The lowest BCUT2D eigenvalue weighted by Gasteiger charge is -2.23. The van der Waals surface area contributed by atoms with Gasteiger partial charge in [-0.25, -0.2) is 13.2 Å². The first-order chi connectivity index (χ1) is 12.3. The van der Waals surface area contributed by atoms with Gasteiger partial charge in [0.1, 0.15) is 5.75 Å². The molecule has 8 heteroatoms. The summed E-state index contributed by atoms with van der Waals surface area (Å²) in [5.41, 5.74) is 0.698. The van der Waals surface area contributed by atoms with Crippen LogP contribution in [0, 0.1) is 0 Å². The summed E-state index contributed by atoms with van der Waals surface area (Å²) in [5, 5.41) is 0.188. The van der Waals surface area contributed by atoms with E-state index in [0.717, 1.165) is 0 Å². The van der Waals surface area contributed by atoms with Crippen molar-refractivity contribution >= 4 is 33.3 Å². The zero-order valence-electron chi connectivity index (χ0n) is 14.3. The van der Waals surface area contributed by atoms with Crippen LogP contribution in [-0.4, -0.2) is 35.2 Å². The van der Waals surface area contributed by atoms with Crippen LogP contribution in [0.1, 0.15) is 10.4 Å². The Labute approximate surface area is 157 Å². The zero-order valence-corrected chi connectivity index (χ0v) is 15.9. The Kier molecular flexibility index (Phi) is 6.28. The number of anilines is 1. The van der Waals surface area contributed by atoms with Gasteiger partial charge in [-0.3, -0.25) is 4.31 Å².